The van der Waals surface area contributed by atoms with E-state index in [4.69, 9.17) is 0 Å². The summed E-state index contributed by atoms with van der Waals surface area (Å²) in [5.41, 5.74) is 10.2. The SMILES string of the molecule is CC(C)CC(C)N(Cc1cc(C(C)(C)C)c(O)c(C(C)(C)C)c1)c1ccc(Nc2ccc(Nc3ccc(CC(C)CC(C)(C)C)cc3)cc2)cc1. The van der Waals surface area contributed by atoms with E-state index in [9.17, 15) is 5.11 Å². The lowest BCUT2D eigenvalue weighted by Crippen LogP contribution is -2.34. The van der Waals surface area contributed by atoms with Crippen LogP contribution in [0.2, 0.25) is 0 Å². The number of nitrogens with one attached hydrogen (secondary N) is 2. The number of rotatable bonds is 13. The van der Waals surface area contributed by atoms with Crippen LogP contribution in [-0.2, 0) is 23.8 Å². The van der Waals surface area contributed by atoms with Gasteiger partial charge >= 0.3 is 0 Å². The van der Waals surface area contributed by atoms with Crippen molar-refractivity contribution in [2.45, 2.75) is 133 Å². The summed E-state index contributed by atoms with van der Waals surface area (Å²) in [4.78, 5) is 2.52. The van der Waals surface area contributed by atoms with Crippen LogP contribution in [-0.4, -0.2) is 11.1 Å². The number of anilines is 5. The molecule has 51 heavy (non-hydrogen) atoms. The number of hydrogen-bond donors (Lipinski definition) is 3. The molecule has 4 aromatic rings. The topological polar surface area (TPSA) is 47.5 Å². The fourth-order valence-electron chi connectivity index (χ4n) is 7.39. The molecule has 0 bridgehead atoms. The number of hydrogen-bond acceptors (Lipinski definition) is 4. The second-order valence-corrected chi connectivity index (χ2v) is 18.8. The molecule has 0 aliphatic carbocycles. The third kappa shape index (κ3) is 11.8. The van der Waals surface area contributed by atoms with Crippen LogP contribution < -0.4 is 15.5 Å². The van der Waals surface area contributed by atoms with Gasteiger partial charge < -0.3 is 20.6 Å². The lowest BCUT2D eigenvalue weighted by Gasteiger charge is -2.34. The van der Waals surface area contributed by atoms with E-state index >= 15 is 0 Å². The molecular weight excluding hydrogens is 623 g/mol. The summed E-state index contributed by atoms with van der Waals surface area (Å²) >= 11 is 0. The zero-order valence-corrected chi connectivity index (χ0v) is 34.0. The highest BCUT2D eigenvalue weighted by atomic mass is 16.3. The summed E-state index contributed by atoms with van der Waals surface area (Å²) in [6.07, 6.45) is 3.44. The second kappa shape index (κ2) is 16.2. The Balaban J connectivity index is 1.46. The van der Waals surface area contributed by atoms with Gasteiger partial charge in [-0.25, -0.2) is 0 Å². The summed E-state index contributed by atoms with van der Waals surface area (Å²) < 4.78 is 0. The van der Waals surface area contributed by atoms with E-state index in [0.717, 1.165) is 53.3 Å². The van der Waals surface area contributed by atoms with Crippen molar-refractivity contribution in [3.8, 4) is 5.75 Å². The minimum atomic E-state index is -0.161. The molecule has 2 atom stereocenters. The molecular formula is C47H67N3O. The summed E-state index contributed by atoms with van der Waals surface area (Å²) in [5.74, 6) is 1.69. The van der Waals surface area contributed by atoms with Crippen LogP contribution in [0.5, 0.6) is 5.75 Å². The molecule has 276 valence electrons. The molecule has 0 aliphatic rings. The van der Waals surface area contributed by atoms with E-state index in [2.05, 4.69) is 190 Å². The van der Waals surface area contributed by atoms with Gasteiger partial charge in [0.2, 0.25) is 0 Å². The highest BCUT2D eigenvalue weighted by Crippen LogP contribution is 2.40. The van der Waals surface area contributed by atoms with Crippen molar-refractivity contribution in [2.75, 3.05) is 15.5 Å². The molecule has 4 rings (SSSR count). The Hall–Kier alpha value is -3.92. The quantitative estimate of drug-likeness (QED) is 0.131. The number of phenolic OH excluding ortho intramolecular Hbond substituents is 1. The van der Waals surface area contributed by atoms with Crippen molar-refractivity contribution in [1.82, 2.24) is 0 Å². The van der Waals surface area contributed by atoms with Crippen molar-refractivity contribution in [3.05, 3.63) is 107 Å². The minimum Gasteiger partial charge on any atom is -0.507 e. The predicted molar refractivity (Wildman–Crippen MR) is 223 cm³/mol. The summed E-state index contributed by atoms with van der Waals surface area (Å²) in [6, 6.07) is 31.0. The Morgan fingerprint density at radius 1 is 0.588 bits per heavy atom. The zero-order chi connectivity index (χ0) is 37.7. The van der Waals surface area contributed by atoms with Gasteiger partial charge in [-0.3, -0.25) is 0 Å². The van der Waals surface area contributed by atoms with Crippen molar-refractivity contribution in [1.29, 1.82) is 0 Å². The van der Waals surface area contributed by atoms with Gasteiger partial charge in [-0.15, -0.1) is 0 Å². The van der Waals surface area contributed by atoms with E-state index in [1.54, 1.807) is 0 Å². The number of benzene rings is 4. The fraction of sp³-hybridized carbons (Fsp3) is 0.489. The Morgan fingerprint density at radius 3 is 1.39 bits per heavy atom. The Bertz CT molecular complexity index is 1650. The van der Waals surface area contributed by atoms with Crippen molar-refractivity contribution >= 4 is 28.4 Å². The summed E-state index contributed by atoms with van der Waals surface area (Å²) in [6.45, 7) is 30.1. The van der Waals surface area contributed by atoms with E-state index in [-0.39, 0.29) is 10.8 Å². The molecule has 2 unspecified atom stereocenters. The van der Waals surface area contributed by atoms with Crippen LogP contribution in [0.4, 0.5) is 28.4 Å². The molecule has 0 spiro atoms. The first-order chi connectivity index (χ1) is 23.7. The van der Waals surface area contributed by atoms with Gasteiger partial charge in [0.15, 0.2) is 0 Å². The zero-order valence-electron chi connectivity index (χ0n) is 34.0. The average Bonchev–Trinajstić information content (AvgIpc) is 3.00. The predicted octanol–water partition coefficient (Wildman–Crippen LogP) is 13.5. The molecule has 0 fully saturated rings. The molecule has 0 heterocycles. The highest BCUT2D eigenvalue weighted by molar-refractivity contribution is 5.67. The van der Waals surface area contributed by atoms with Crippen LogP contribution in [0.3, 0.4) is 0 Å². The van der Waals surface area contributed by atoms with E-state index < -0.39 is 0 Å². The average molecular weight is 690 g/mol. The first-order valence-electron chi connectivity index (χ1n) is 19.1. The first kappa shape index (κ1) is 39.9. The van der Waals surface area contributed by atoms with Gasteiger partial charge in [-0.1, -0.05) is 95.2 Å². The van der Waals surface area contributed by atoms with Crippen LogP contribution in [0, 0.1) is 17.3 Å². The lowest BCUT2D eigenvalue weighted by atomic mass is 9.78. The van der Waals surface area contributed by atoms with Crippen molar-refractivity contribution in [2.24, 2.45) is 17.3 Å². The molecule has 4 aromatic carbocycles. The number of phenols is 1. The minimum absolute atomic E-state index is 0.161. The maximum absolute atomic E-state index is 11.3. The van der Waals surface area contributed by atoms with Crippen molar-refractivity contribution < 1.29 is 5.11 Å². The maximum Gasteiger partial charge on any atom is 0.123 e. The third-order valence-electron chi connectivity index (χ3n) is 9.64. The van der Waals surface area contributed by atoms with Gasteiger partial charge in [0, 0.05) is 41.0 Å². The Labute approximate surface area is 311 Å². The maximum atomic E-state index is 11.3. The van der Waals surface area contributed by atoms with Gasteiger partial charge in [-0.05, 0) is 149 Å². The second-order valence-electron chi connectivity index (χ2n) is 18.8. The molecule has 4 heteroatoms. The van der Waals surface area contributed by atoms with Gasteiger partial charge in [-0.2, -0.15) is 0 Å². The standard InChI is InChI=1S/C47H67N3O/c1-32(2)26-34(4)50(31-36-28-42(46(8,9)10)44(51)43(29-36)47(11,12)13)41-24-22-40(23-25-41)49-39-20-18-38(19-21-39)48-37-16-14-35(15-17-37)27-33(3)30-45(5,6)7/h14-25,28-29,32-34,48-49,51H,26-27,30-31H2,1-13H3. The lowest BCUT2D eigenvalue weighted by molar-refractivity contribution is 0.306. The smallest absolute Gasteiger partial charge is 0.123 e. The molecule has 0 radical (unpaired) electrons. The van der Waals surface area contributed by atoms with Gasteiger partial charge in [0.1, 0.15) is 5.75 Å². The number of nitrogens with zero attached hydrogens (tertiary/aromatic N) is 1. The van der Waals surface area contributed by atoms with E-state index in [1.807, 2.05) is 0 Å². The summed E-state index contributed by atoms with van der Waals surface area (Å²) in [5, 5.41) is 18.5. The molecule has 0 saturated heterocycles. The molecule has 3 N–H and O–H groups in total. The van der Waals surface area contributed by atoms with E-state index in [0.29, 0.717) is 29.0 Å². The van der Waals surface area contributed by atoms with E-state index in [1.165, 1.54) is 23.2 Å². The number of aromatic hydroxyl groups is 1. The van der Waals surface area contributed by atoms with Gasteiger partial charge in [0.25, 0.3) is 0 Å². The molecule has 0 saturated carbocycles. The van der Waals surface area contributed by atoms with Crippen LogP contribution >= 0.6 is 0 Å². The largest absolute Gasteiger partial charge is 0.507 e. The Morgan fingerprint density at radius 2 is 1.00 bits per heavy atom. The normalized spacial score (nSPS) is 13.6. The first-order valence-corrected chi connectivity index (χ1v) is 19.1. The molecule has 0 aromatic heterocycles. The molecule has 0 aliphatic heterocycles. The molecule has 4 nitrogen and oxygen atoms in total. The van der Waals surface area contributed by atoms with Crippen molar-refractivity contribution in [3.63, 3.8) is 0 Å². The van der Waals surface area contributed by atoms with Crippen LogP contribution in [0.15, 0.2) is 84.9 Å². The monoisotopic (exact) mass is 690 g/mol. The third-order valence-corrected chi connectivity index (χ3v) is 9.64. The summed E-state index contributed by atoms with van der Waals surface area (Å²) in [7, 11) is 0. The van der Waals surface area contributed by atoms with Crippen LogP contribution in [0.25, 0.3) is 0 Å². The highest BCUT2D eigenvalue weighted by Gasteiger charge is 2.27. The van der Waals surface area contributed by atoms with Crippen LogP contribution in [0.1, 0.15) is 125 Å². The van der Waals surface area contributed by atoms with Gasteiger partial charge in [0.05, 0.1) is 0 Å². The fourth-order valence-corrected chi connectivity index (χ4v) is 7.39. The Kier molecular flexibility index (Phi) is 12.6. The molecule has 0 amide bonds.